The molecule has 0 saturated carbocycles. The van der Waals surface area contributed by atoms with Crippen LogP contribution < -0.4 is 0 Å². The van der Waals surface area contributed by atoms with E-state index in [0.717, 1.165) is 11.1 Å². The van der Waals surface area contributed by atoms with E-state index in [2.05, 4.69) is 50.1 Å². The van der Waals surface area contributed by atoms with E-state index in [4.69, 9.17) is 4.74 Å². The quantitative estimate of drug-likeness (QED) is 0.653. The van der Waals surface area contributed by atoms with Crippen LogP contribution in [-0.2, 0) is 18.0 Å². The SMILES string of the molecule is Fc1cccc(C(Br)c2ccc3c(c2)COC3)c1Br. The second-order valence-electron chi connectivity index (χ2n) is 4.53. The maximum absolute atomic E-state index is 13.6. The number of halogens is 3. The third-order valence-electron chi connectivity index (χ3n) is 3.29. The highest BCUT2D eigenvalue weighted by Crippen LogP contribution is 2.37. The van der Waals surface area contributed by atoms with E-state index in [1.807, 2.05) is 6.07 Å². The minimum atomic E-state index is -0.244. The lowest BCUT2D eigenvalue weighted by atomic mass is 10.0. The van der Waals surface area contributed by atoms with Gasteiger partial charge in [0.1, 0.15) is 5.82 Å². The lowest BCUT2D eigenvalue weighted by Crippen LogP contribution is -1.97. The van der Waals surface area contributed by atoms with E-state index < -0.39 is 0 Å². The van der Waals surface area contributed by atoms with Gasteiger partial charge in [0.25, 0.3) is 0 Å². The van der Waals surface area contributed by atoms with Gasteiger partial charge in [-0.25, -0.2) is 4.39 Å². The van der Waals surface area contributed by atoms with Gasteiger partial charge in [0.2, 0.25) is 0 Å². The molecule has 0 amide bonds. The Morgan fingerprint density at radius 2 is 1.89 bits per heavy atom. The van der Waals surface area contributed by atoms with E-state index in [-0.39, 0.29) is 10.6 Å². The Bertz CT molecular complexity index is 628. The van der Waals surface area contributed by atoms with Crippen molar-refractivity contribution in [2.75, 3.05) is 0 Å². The Hall–Kier alpha value is -0.710. The fourth-order valence-corrected chi connectivity index (χ4v) is 3.71. The van der Waals surface area contributed by atoms with E-state index >= 15 is 0 Å². The van der Waals surface area contributed by atoms with Crippen LogP contribution in [0.15, 0.2) is 40.9 Å². The van der Waals surface area contributed by atoms with Crippen LogP contribution in [0, 0.1) is 5.82 Å². The Morgan fingerprint density at radius 3 is 2.74 bits per heavy atom. The van der Waals surface area contributed by atoms with Crippen LogP contribution in [0.1, 0.15) is 27.1 Å². The van der Waals surface area contributed by atoms with E-state index in [0.29, 0.717) is 17.7 Å². The third-order valence-corrected chi connectivity index (χ3v) is 5.15. The molecule has 2 aromatic carbocycles. The normalized spacial score (nSPS) is 15.3. The van der Waals surface area contributed by atoms with Crippen molar-refractivity contribution in [1.82, 2.24) is 0 Å². The van der Waals surface area contributed by atoms with Gasteiger partial charge in [-0.15, -0.1) is 0 Å². The van der Waals surface area contributed by atoms with Gasteiger partial charge in [-0.3, -0.25) is 0 Å². The van der Waals surface area contributed by atoms with E-state index in [1.54, 1.807) is 6.07 Å². The predicted octanol–water partition coefficient (Wildman–Crippen LogP) is 5.10. The zero-order chi connectivity index (χ0) is 13.4. The van der Waals surface area contributed by atoms with Crippen molar-refractivity contribution in [2.24, 2.45) is 0 Å². The van der Waals surface area contributed by atoms with Crippen molar-refractivity contribution in [3.05, 3.63) is 68.9 Å². The summed E-state index contributed by atoms with van der Waals surface area (Å²) in [5, 5.41) is 0. The topological polar surface area (TPSA) is 9.23 Å². The van der Waals surface area contributed by atoms with Gasteiger partial charge in [0.15, 0.2) is 0 Å². The molecule has 19 heavy (non-hydrogen) atoms. The Morgan fingerprint density at radius 1 is 1.11 bits per heavy atom. The average Bonchev–Trinajstić information content (AvgIpc) is 2.88. The fraction of sp³-hybridized carbons (Fsp3) is 0.200. The van der Waals surface area contributed by atoms with Gasteiger partial charge in [0, 0.05) is 0 Å². The number of fused-ring (bicyclic) bond motifs is 1. The lowest BCUT2D eigenvalue weighted by Gasteiger charge is -2.14. The highest BCUT2D eigenvalue weighted by Gasteiger charge is 2.18. The predicted molar refractivity (Wildman–Crippen MR) is 79.8 cm³/mol. The summed E-state index contributed by atoms with van der Waals surface area (Å²) in [6, 6.07) is 11.4. The zero-order valence-electron chi connectivity index (χ0n) is 10.00. The molecule has 1 heterocycles. The molecule has 0 radical (unpaired) electrons. The first-order valence-corrected chi connectivity index (χ1v) is 7.65. The second kappa shape index (κ2) is 5.35. The van der Waals surface area contributed by atoms with Crippen LogP contribution in [0.25, 0.3) is 0 Å². The molecule has 4 heteroatoms. The van der Waals surface area contributed by atoms with Crippen LogP contribution in [-0.4, -0.2) is 0 Å². The van der Waals surface area contributed by atoms with Crippen LogP contribution in [0.5, 0.6) is 0 Å². The zero-order valence-corrected chi connectivity index (χ0v) is 13.2. The molecule has 2 aromatic rings. The smallest absolute Gasteiger partial charge is 0.137 e. The third kappa shape index (κ3) is 2.49. The van der Waals surface area contributed by atoms with E-state index in [1.165, 1.54) is 17.2 Å². The van der Waals surface area contributed by atoms with Gasteiger partial charge in [-0.2, -0.15) is 0 Å². The molecule has 1 nitrogen and oxygen atoms in total. The summed E-state index contributed by atoms with van der Waals surface area (Å²) in [6.07, 6.45) is 0. The van der Waals surface area contributed by atoms with Gasteiger partial charge in [-0.1, -0.05) is 46.3 Å². The molecule has 98 valence electrons. The average molecular weight is 386 g/mol. The highest BCUT2D eigenvalue weighted by atomic mass is 79.9. The molecular weight excluding hydrogens is 375 g/mol. The number of rotatable bonds is 2. The number of ether oxygens (including phenoxy) is 1. The van der Waals surface area contributed by atoms with Crippen molar-refractivity contribution in [3.63, 3.8) is 0 Å². The summed E-state index contributed by atoms with van der Waals surface area (Å²) in [5.74, 6) is -0.244. The molecule has 0 N–H and O–H groups in total. The molecule has 0 aliphatic carbocycles. The Labute approximate surface area is 128 Å². The van der Waals surface area contributed by atoms with Crippen molar-refractivity contribution >= 4 is 31.9 Å². The fourth-order valence-electron chi connectivity index (χ4n) is 2.25. The molecule has 0 saturated heterocycles. The summed E-state index contributed by atoms with van der Waals surface area (Å²) in [7, 11) is 0. The molecule has 3 rings (SSSR count). The number of hydrogen-bond acceptors (Lipinski definition) is 1. The number of alkyl halides is 1. The summed E-state index contributed by atoms with van der Waals surface area (Å²) in [5.41, 5.74) is 4.45. The first-order chi connectivity index (χ1) is 9.16. The Balaban J connectivity index is 2.00. The minimum absolute atomic E-state index is 0.0384. The van der Waals surface area contributed by atoms with Crippen LogP contribution in [0.4, 0.5) is 4.39 Å². The molecule has 0 fully saturated rings. The first-order valence-electron chi connectivity index (χ1n) is 5.94. The maximum Gasteiger partial charge on any atom is 0.137 e. The molecule has 0 spiro atoms. The van der Waals surface area contributed by atoms with E-state index in [9.17, 15) is 4.39 Å². The summed E-state index contributed by atoms with van der Waals surface area (Å²) < 4.78 is 19.5. The number of benzene rings is 2. The van der Waals surface area contributed by atoms with Crippen LogP contribution >= 0.6 is 31.9 Å². The summed E-state index contributed by atoms with van der Waals surface area (Å²) in [6.45, 7) is 1.35. The van der Waals surface area contributed by atoms with Gasteiger partial charge in [-0.05, 0) is 44.3 Å². The molecule has 1 unspecified atom stereocenters. The number of hydrogen-bond donors (Lipinski definition) is 0. The van der Waals surface area contributed by atoms with Crippen molar-refractivity contribution in [3.8, 4) is 0 Å². The molecule has 0 bridgehead atoms. The van der Waals surface area contributed by atoms with Crippen molar-refractivity contribution in [2.45, 2.75) is 18.0 Å². The van der Waals surface area contributed by atoms with Gasteiger partial charge in [0.05, 0.1) is 22.5 Å². The minimum Gasteiger partial charge on any atom is -0.372 e. The first kappa shape index (κ1) is 13.3. The monoisotopic (exact) mass is 384 g/mol. The summed E-state index contributed by atoms with van der Waals surface area (Å²) >= 11 is 6.96. The lowest BCUT2D eigenvalue weighted by molar-refractivity contribution is 0.134. The van der Waals surface area contributed by atoms with Crippen molar-refractivity contribution < 1.29 is 9.13 Å². The molecule has 1 atom stereocenters. The molecule has 0 aromatic heterocycles. The largest absolute Gasteiger partial charge is 0.372 e. The van der Waals surface area contributed by atoms with Crippen LogP contribution in [0.2, 0.25) is 0 Å². The van der Waals surface area contributed by atoms with Gasteiger partial charge < -0.3 is 4.74 Å². The standard InChI is InChI=1S/C15H11Br2FO/c16-14(12-2-1-3-13(18)15(12)17)9-4-5-10-7-19-8-11(10)6-9/h1-6,14H,7-8H2. The molecular formula is C15H11Br2FO. The Kier molecular flexibility index (Phi) is 3.74. The maximum atomic E-state index is 13.6. The summed E-state index contributed by atoms with van der Waals surface area (Å²) in [4.78, 5) is -0.0384. The molecule has 1 aliphatic rings. The highest BCUT2D eigenvalue weighted by molar-refractivity contribution is 9.11. The van der Waals surface area contributed by atoms with Crippen molar-refractivity contribution in [1.29, 1.82) is 0 Å². The van der Waals surface area contributed by atoms with Gasteiger partial charge >= 0.3 is 0 Å². The second-order valence-corrected chi connectivity index (χ2v) is 6.24. The molecule has 1 aliphatic heterocycles. The van der Waals surface area contributed by atoms with Crippen LogP contribution in [0.3, 0.4) is 0 Å².